The van der Waals surface area contributed by atoms with Crippen molar-refractivity contribution in [3.8, 4) is 11.4 Å². The van der Waals surface area contributed by atoms with Gasteiger partial charge < -0.3 is 10.1 Å². The van der Waals surface area contributed by atoms with Gasteiger partial charge in [0.1, 0.15) is 5.69 Å². The van der Waals surface area contributed by atoms with Crippen LogP contribution in [0.4, 0.5) is 5.82 Å². The highest BCUT2D eigenvalue weighted by molar-refractivity contribution is 14.1. The Morgan fingerprint density at radius 3 is 2.17 bits per heavy atom. The van der Waals surface area contributed by atoms with Crippen molar-refractivity contribution in [2.75, 3.05) is 11.9 Å². The van der Waals surface area contributed by atoms with Gasteiger partial charge in [0.05, 0.1) is 16.7 Å². The molecule has 194 valence electrons. The molecule has 6 nitrogen and oxygen atoms in total. The highest BCUT2D eigenvalue weighted by atomic mass is 127. The third-order valence-electron chi connectivity index (χ3n) is 5.64. The largest absolute Gasteiger partial charge is 0.485 e. The normalized spacial score (nSPS) is 11.0. The zero-order valence-electron chi connectivity index (χ0n) is 20.0. The molecular formula is C26H29Cl3IN3O3. The molecule has 1 amide bonds. The van der Waals surface area contributed by atoms with E-state index in [0.717, 1.165) is 27.5 Å². The summed E-state index contributed by atoms with van der Waals surface area (Å²) in [5.74, 6) is -0.255. The number of anilines is 1. The second-order valence-corrected chi connectivity index (χ2v) is 11.0. The van der Waals surface area contributed by atoms with Crippen LogP contribution in [0.1, 0.15) is 68.6 Å². The quantitative estimate of drug-likeness (QED) is 0.142. The van der Waals surface area contributed by atoms with E-state index >= 15 is 0 Å². The lowest BCUT2D eigenvalue weighted by atomic mass is 10.1. The number of amides is 1. The summed E-state index contributed by atoms with van der Waals surface area (Å²) in [6.45, 7) is 2.55. The van der Waals surface area contributed by atoms with Gasteiger partial charge in [-0.2, -0.15) is 0 Å². The number of aromatic nitrogens is 2. The predicted octanol–water partition coefficient (Wildman–Crippen LogP) is 8.50. The molecular weight excluding hydrogens is 636 g/mol. The standard InChI is InChI=1S/C26H29Cl3IN3O3/c1-2-3-4-5-6-7-8-9-14-36-23-24(31-25(34)17-10-12-19(30)13-11-17)32-33(26(23)35)22-20(28)15-18(27)16-21(22)29/h10-13,15-16,32H,2-9,14H2,1H3,(H,31,34). The van der Waals surface area contributed by atoms with E-state index in [2.05, 4.69) is 39.9 Å². The minimum absolute atomic E-state index is 0.00103. The molecule has 0 aliphatic carbocycles. The van der Waals surface area contributed by atoms with E-state index in [1.54, 1.807) is 12.1 Å². The number of nitrogens with zero attached hydrogens (tertiary/aromatic N) is 1. The van der Waals surface area contributed by atoms with Crippen LogP contribution in [0.2, 0.25) is 15.1 Å². The fraction of sp³-hybridized carbons (Fsp3) is 0.385. The molecule has 0 bridgehead atoms. The minimum atomic E-state index is -0.515. The van der Waals surface area contributed by atoms with E-state index < -0.39 is 5.56 Å². The van der Waals surface area contributed by atoms with Crippen LogP contribution < -0.4 is 15.6 Å². The number of ether oxygens (including phenoxy) is 1. The third-order valence-corrected chi connectivity index (χ3v) is 7.16. The van der Waals surface area contributed by atoms with Crippen LogP contribution >= 0.6 is 57.4 Å². The maximum atomic E-state index is 13.3. The highest BCUT2D eigenvalue weighted by Crippen LogP contribution is 2.32. The fourth-order valence-corrected chi connectivity index (χ4v) is 5.09. The summed E-state index contributed by atoms with van der Waals surface area (Å²) in [5, 5.41) is 6.35. The van der Waals surface area contributed by atoms with Crippen LogP contribution in [0.5, 0.6) is 5.75 Å². The van der Waals surface area contributed by atoms with Crippen LogP contribution in [-0.4, -0.2) is 22.3 Å². The molecule has 3 rings (SSSR count). The molecule has 2 N–H and O–H groups in total. The van der Waals surface area contributed by atoms with E-state index in [1.807, 2.05) is 12.1 Å². The van der Waals surface area contributed by atoms with Gasteiger partial charge in [-0.3, -0.25) is 14.7 Å². The van der Waals surface area contributed by atoms with Gasteiger partial charge in [0.25, 0.3) is 5.91 Å². The van der Waals surface area contributed by atoms with E-state index in [-0.39, 0.29) is 33.2 Å². The van der Waals surface area contributed by atoms with Gasteiger partial charge in [0.15, 0.2) is 5.82 Å². The van der Waals surface area contributed by atoms with Gasteiger partial charge in [-0.25, -0.2) is 4.68 Å². The van der Waals surface area contributed by atoms with E-state index in [4.69, 9.17) is 39.5 Å². The summed E-state index contributed by atoms with van der Waals surface area (Å²) in [7, 11) is 0. The zero-order chi connectivity index (χ0) is 26.1. The van der Waals surface area contributed by atoms with Gasteiger partial charge >= 0.3 is 5.56 Å². The van der Waals surface area contributed by atoms with Crippen LogP contribution in [-0.2, 0) is 0 Å². The first kappa shape index (κ1) is 28.9. The van der Waals surface area contributed by atoms with Gasteiger partial charge in [0.2, 0.25) is 5.75 Å². The fourth-order valence-electron chi connectivity index (χ4n) is 3.74. The molecule has 1 heterocycles. The Bertz CT molecular complexity index is 1200. The molecule has 2 aromatic carbocycles. The Morgan fingerprint density at radius 2 is 1.56 bits per heavy atom. The Balaban J connectivity index is 1.78. The molecule has 10 heteroatoms. The first-order chi connectivity index (χ1) is 17.3. The molecule has 0 aliphatic rings. The maximum absolute atomic E-state index is 13.3. The number of benzene rings is 2. The molecule has 0 saturated heterocycles. The smallest absolute Gasteiger partial charge is 0.316 e. The Kier molecular flexibility index (Phi) is 11.5. The van der Waals surface area contributed by atoms with Crippen LogP contribution in [0.15, 0.2) is 41.2 Å². The number of rotatable bonds is 13. The van der Waals surface area contributed by atoms with Crippen molar-refractivity contribution in [2.45, 2.75) is 58.3 Å². The van der Waals surface area contributed by atoms with Crippen molar-refractivity contribution < 1.29 is 9.53 Å². The number of nitrogens with one attached hydrogen (secondary N) is 2. The van der Waals surface area contributed by atoms with Crippen molar-refractivity contribution in [1.29, 1.82) is 0 Å². The van der Waals surface area contributed by atoms with Crippen LogP contribution in [0, 0.1) is 3.57 Å². The number of carbonyl (C=O) groups is 1. The molecule has 1 aromatic heterocycles. The number of aromatic amines is 1. The van der Waals surface area contributed by atoms with Crippen LogP contribution in [0.3, 0.4) is 0 Å². The monoisotopic (exact) mass is 663 g/mol. The lowest BCUT2D eigenvalue weighted by Gasteiger charge is -2.08. The molecule has 36 heavy (non-hydrogen) atoms. The number of hydrogen-bond donors (Lipinski definition) is 2. The van der Waals surface area contributed by atoms with Crippen molar-refractivity contribution >= 4 is 69.1 Å². The van der Waals surface area contributed by atoms with Crippen LogP contribution in [0.25, 0.3) is 5.69 Å². The van der Waals surface area contributed by atoms with Crippen molar-refractivity contribution in [2.24, 2.45) is 0 Å². The molecule has 0 aliphatic heterocycles. The molecule has 0 atom stereocenters. The van der Waals surface area contributed by atoms with Gasteiger partial charge in [-0.1, -0.05) is 86.7 Å². The molecule has 3 aromatic rings. The van der Waals surface area contributed by atoms with Gasteiger partial charge in [0, 0.05) is 14.2 Å². The maximum Gasteiger partial charge on any atom is 0.316 e. The van der Waals surface area contributed by atoms with E-state index in [0.29, 0.717) is 17.2 Å². The zero-order valence-corrected chi connectivity index (χ0v) is 24.4. The van der Waals surface area contributed by atoms with E-state index in [1.165, 1.54) is 44.2 Å². The van der Waals surface area contributed by atoms with E-state index in [9.17, 15) is 9.59 Å². The lowest BCUT2D eigenvalue weighted by Crippen LogP contribution is -2.17. The molecule has 0 fully saturated rings. The van der Waals surface area contributed by atoms with Gasteiger partial charge in [-0.05, 0) is 65.4 Å². The average molecular weight is 665 g/mol. The molecule has 0 radical (unpaired) electrons. The molecule has 0 spiro atoms. The summed E-state index contributed by atoms with van der Waals surface area (Å²) in [6.07, 6.45) is 9.15. The summed E-state index contributed by atoms with van der Waals surface area (Å²) in [4.78, 5) is 26.2. The number of carbonyl (C=O) groups excluding carboxylic acids is 1. The van der Waals surface area contributed by atoms with Gasteiger partial charge in [-0.15, -0.1) is 0 Å². The number of halogens is 4. The van der Waals surface area contributed by atoms with Crippen molar-refractivity contribution in [3.63, 3.8) is 0 Å². The Labute approximate surface area is 239 Å². The van der Waals surface area contributed by atoms with Crippen molar-refractivity contribution in [3.05, 3.63) is 71.0 Å². The third kappa shape index (κ3) is 7.91. The number of H-pyrrole nitrogens is 1. The minimum Gasteiger partial charge on any atom is -0.485 e. The number of unbranched alkanes of at least 4 members (excludes halogenated alkanes) is 7. The lowest BCUT2D eigenvalue weighted by molar-refractivity contribution is 0.102. The SMILES string of the molecule is CCCCCCCCCCOc1c(NC(=O)c2ccc(I)cc2)[nH]n(-c2c(Cl)cc(Cl)cc2Cl)c1=O. The second-order valence-electron chi connectivity index (χ2n) is 8.46. The molecule has 0 saturated carbocycles. The Morgan fingerprint density at radius 1 is 0.972 bits per heavy atom. The second kappa shape index (κ2) is 14.3. The molecule has 0 unspecified atom stereocenters. The first-order valence-corrected chi connectivity index (χ1v) is 14.2. The Hall–Kier alpha value is -1.68. The highest BCUT2D eigenvalue weighted by Gasteiger charge is 2.22. The summed E-state index contributed by atoms with van der Waals surface area (Å²) < 4.78 is 8.05. The summed E-state index contributed by atoms with van der Waals surface area (Å²) >= 11 is 20.9. The summed E-state index contributed by atoms with van der Waals surface area (Å²) in [5.41, 5.74) is 0.152. The number of hydrogen-bond acceptors (Lipinski definition) is 3. The van der Waals surface area contributed by atoms with Crippen molar-refractivity contribution in [1.82, 2.24) is 9.78 Å². The summed E-state index contributed by atoms with van der Waals surface area (Å²) in [6, 6.07) is 10.1. The topological polar surface area (TPSA) is 76.1 Å². The predicted molar refractivity (Wildman–Crippen MR) is 157 cm³/mol. The average Bonchev–Trinajstić information content (AvgIpc) is 3.12. The first-order valence-electron chi connectivity index (χ1n) is 12.0.